The minimum Gasteiger partial charge on any atom is -0.457 e. The van der Waals surface area contributed by atoms with Crippen LogP contribution < -0.4 is 0 Å². The van der Waals surface area contributed by atoms with E-state index in [2.05, 4.69) is 50.3 Å². The van der Waals surface area contributed by atoms with Gasteiger partial charge >= 0.3 is 13.8 Å². The molecule has 0 aromatic carbocycles. The molecule has 0 aliphatic rings. The first-order chi connectivity index (χ1) is 29.8. The van der Waals surface area contributed by atoms with Crippen molar-refractivity contribution in [3.05, 3.63) is 36.5 Å². The SMILES string of the molecule is CCCCCCC/C=C\C/C=C\C/C=C\CCCCCCCCC(=O)OC(COCCCCCCCCCCCCCCCCCCCCC)COP(=O)(O)OCC(O)CO. The number of phosphoric acid groups is 1. The van der Waals surface area contributed by atoms with E-state index >= 15 is 0 Å². The predicted molar refractivity (Wildman–Crippen MR) is 256 cm³/mol. The fourth-order valence-electron chi connectivity index (χ4n) is 7.19. The van der Waals surface area contributed by atoms with E-state index in [-0.39, 0.29) is 19.6 Å². The van der Waals surface area contributed by atoms with E-state index in [4.69, 9.17) is 23.6 Å². The van der Waals surface area contributed by atoms with Gasteiger partial charge in [-0.15, -0.1) is 0 Å². The fourth-order valence-corrected chi connectivity index (χ4v) is 7.98. The zero-order chi connectivity index (χ0) is 44.6. The van der Waals surface area contributed by atoms with Gasteiger partial charge in [-0.25, -0.2) is 4.57 Å². The summed E-state index contributed by atoms with van der Waals surface area (Å²) in [5.74, 6) is -0.391. The molecule has 0 amide bonds. The first kappa shape index (κ1) is 59.7. The molecule has 0 radical (unpaired) electrons. The predicted octanol–water partition coefficient (Wildman–Crippen LogP) is 14.8. The van der Waals surface area contributed by atoms with Crippen LogP contribution in [0.1, 0.15) is 239 Å². The first-order valence-corrected chi connectivity index (χ1v) is 27.0. The molecule has 0 spiro atoms. The Balaban J connectivity index is 4.10. The van der Waals surface area contributed by atoms with Crippen molar-refractivity contribution in [3.8, 4) is 0 Å². The van der Waals surface area contributed by atoms with Crippen molar-refractivity contribution < 1.29 is 43.0 Å². The van der Waals surface area contributed by atoms with Crippen LogP contribution >= 0.6 is 7.82 Å². The lowest BCUT2D eigenvalue weighted by Crippen LogP contribution is -2.29. The van der Waals surface area contributed by atoms with Crippen LogP contribution in [0.3, 0.4) is 0 Å². The Bertz CT molecular complexity index is 1050. The Morgan fingerprint density at radius 3 is 1.33 bits per heavy atom. The Kier molecular flexibility index (Phi) is 47.1. The van der Waals surface area contributed by atoms with E-state index in [0.29, 0.717) is 13.0 Å². The van der Waals surface area contributed by atoms with Gasteiger partial charge in [0.05, 0.1) is 26.4 Å². The molecule has 0 aliphatic carbocycles. The van der Waals surface area contributed by atoms with Gasteiger partial charge in [-0.2, -0.15) is 0 Å². The molecule has 0 bridgehead atoms. The minimum absolute atomic E-state index is 0.0471. The highest BCUT2D eigenvalue weighted by Crippen LogP contribution is 2.43. The molecule has 3 N–H and O–H groups in total. The smallest absolute Gasteiger partial charge is 0.457 e. The maximum Gasteiger partial charge on any atom is 0.472 e. The monoisotopic (exact) mass is 885 g/mol. The van der Waals surface area contributed by atoms with Gasteiger partial charge in [0.2, 0.25) is 0 Å². The average Bonchev–Trinajstić information content (AvgIpc) is 3.25. The van der Waals surface area contributed by atoms with Crippen molar-refractivity contribution in [2.75, 3.05) is 33.0 Å². The number of ether oxygens (including phenoxy) is 2. The number of hydrogen-bond acceptors (Lipinski definition) is 8. The van der Waals surface area contributed by atoms with Crippen LogP contribution in [-0.2, 0) is 27.9 Å². The lowest BCUT2D eigenvalue weighted by Gasteiger charge is -2.20. The number of rotatable bonds is 49. The van der Waals surface area contributed by atoms with E-state index in [9.17, 15) is 19.4 Å². The Morgan fingerprint density at radius 1 is 0.508 bits per heavy atom. The summed E-state index contributed by atoms with van der Waals surface area (Å²) >= 11 is 0. The molecule has 0 fully saturated rings. The van der Waals surface area contributed by atoms with Gasteiger partial charge in [-0.05, 0) is 51.4 Å². The molecule has 61 heavy (non-hydrogen) atoms. The molecular weight excluding hydrogens is 788 g/mol. The Labute approximate surface area is 375 Å². The highest BCUT2D eigenvalue weighted by molar-refractivity contribution is 7.47. The minimum atomic E-state index is -4.52. The number of aliphatic hydroxyl groups is 2. The molecule has 0 heterocycles. The van der Waals surface area contributed by atoms with Crippen molar-refractivity contribution in [3.63, 3.8) is 0 Å². The molecule has 0 aromatic rings. The number of carbonyl (C=O) groups excluding carboxylic acids is 1. The van der Waals surface area contributed by atoms with E-state index in [1.165, 1.54) is 161 Å². The number of esters is 1. The van der Waals surface area contributed by atoms with Crippen molar-refractivity contribution >= 4 is 13.8 Å². The molecule has 0 aromatic heterocycles. The lowest BCUT2D eigenvalue weighted by molar-refractivity contribution is -0.154. The summed E-state index contributed by atoms with van der Waals surface area (Å²) in [5.41, 5.74) is 0. The largest absolute Gasteiger partial charge is 0.472 e. The summed E-state index contributed by atoms with van der Waals surface area (Å²) in [7, 11) is -4.52. The Hall–Kier alpha value is -1.32. The van der Waals surface area contributed by atoms with Crippen LogP contribution in [0.2, 0.25) is 0 Å². The highest BCUT2D eigenvalue weighted by Gasteiger charge is 2.26. The molecular formula is C51H97O9P. The number of carbonyl (C=O) groups is 1. The molecule has 360 valence electrons. The standard InChI is InChI=1S/C51H97O9P/c1-3-5-7-9-11-13-15-17-19-21-23-24-25-27-29-31-33-35-37-39-41-43-51(54)60-50(48-59-61(55,56)58-46-49(53)45-52)47-57-44-42-40-38-36-34-32-30-28-26-22-20-18-16-14-12-10-8-6-4-2/h15,17,21,23,25,27,49-50,52-53H,3-14,16,18-20,22,24,26,28-48H2,1-2H3,(H,55,56)/b17-15-,23-21-,27-25-. The molecule has 9 nitrogen and oxygen atoms in total. The maximum absolute atomic E-state index is 12.7. The van der Waals surface area contributed by atoms with Gasteiger partial charge < -0.3 is 24.6 Å². The van der Waals surface area contributed by atoms with Crippen LogP contribution in [0.25, 0.3) is 0 Å². The van der Waals surface area contributed by atoms with E-state index in [1.54, 1.807) is 0 Å². The van der Waals surface area contributed by atoms with E-state index in [0.717, 1.165) is 51.4 Å². The normalized spacial score (nSPS) is 14.1. The second-order valence-corrected chi connectivity index (χ2v) is 18.6. The third kappa shape index (κ3) is 48.0. The number of aliphatic hydroxyl groups excluding tert-OH is 2. The molecule has 3 unspecified atom stereocenters. The molecule has 0 saturated heterocycles. The quantitative estimate of drug-likeness (QED) is 0.0236. The Morgan fingerprint density at radius 2 is 0.885 bits per heavy atom. The van der Waals surface area contributed by atoms with Gasteiger partial charge in [0, 0.05) is 13.0 Å². The number of phosphoric ester groups is 1. The summed E-state index contributed by atoms with van der Waals surface area (Å²) in [6.07, 6.45) is 53.9. The third-order valence-electron chi connectivity index (χ3n) is 11.1. The van der Waals surface area contributed by atoms with Crippen molar-refractivity contribution in [1.82, 2.24) is 0 Å². The molecule has 10 heteroatoms. The van der Waals surface area contributed by atoms with E-state index in [1.807, 2.05) is 0 Å². The van der Waals surface area contributed by atoms with Crippen molar-refractivity contribution in [2.24, 2.45) is 0 Å². The number of unbranched alkanes of at least 4 members (excludes halogenated alkanes) is 29. The summed E-state index contributed by atoms with van der Waals surface area (Å²) < 4.78 is 33.5. The van der Waals surface area contributed by atoms with Crippen LogP contribution in [0.4, 0.5) is 0 Å². The zero-order valence-electron chi connectivity index (χ0n) is 39.6. The van der Waals surface area contributed by atoms with Gasteiger partial charge in [0.25, 0.3) is 0 Å². The van der Waals surface area contributed by atoms with Crippen LogP contribution in [0.15, 0.2) is 36.5 Å². The van der Waals surface area contributed by atoms with Gasteiger partial charge in [-0.1, -0.05) is 217 Å². The average molecular weight is 885 g/mol. The third-order valence-corrected chi connectivity index (χ3v) is 12.0. The second kappa shape index (κ2) is 48.1. The van der Waals surface area contributed by atoms with E-state index < -0.39 is 39.2 Å². The summed E-state index contributed by atoms with van der Waals surface area (Å²) in [6.45, 7) is 3.54. The number of hydrogen-bond donors (Lipinski definition) is 3. The summed E-state index contributed by atoms with van der Waals surface area (Å²) in [6, 6.07) is 0. The van der Waals surface area contributed by atoms with Crippen LogP contribution in [-0.4, -0.2) is 66.3 Å². The van der Waals surface area contributed by atoms with Crippen molar-refractivity contribution in [2.45, 2.75) is 251 Å². The number of allylic oxidation sites excluding steroid dienone is 6. The second-order valence-electron chi connectivity index (χ2n) is 17.2. The first-order valence-electron chi connectivity index (χ1n) is 25.5. The van der Waals surface area contributed by atoms with Gasteiger partial charge in [-0.3, -0.25) is 13.8 Å². The van der Waals surface area contributed by atoms with Gasteiger partial charge in [0.15, 0.2) is 0 Å². The highest BCUT2D eigenvalue weighted by atomic mass is 31.2. The molecule has 0 rings (SSSR count). The maximum atomic E-state index is 12.7. The zero-order valence-corrected chi connectivity index (χ0v) is 40.5. The molecule has 0 aliphatic heterocycles. The van der Waals surface area contributed by atoms with Crippen molar-refractivity contribution in [1.29, 1.82) is 0 Å². The van der Waals surface area contributed by atoms with Crippen LogP contribution in [0, 0.1) is 0 Å². The molecule has 0 saturated carbocycles. The van der Waals surface area contributed by atoms with Crippen LogP contribution in [0.5, 0.6) is 0 Å². The molecule has 3 atom stereocenters. The lowest BCUT2D eigenvalue weighted by atomic mass is 10.0. The fraction of sp³-hybridized carbons (Fsp3) is 0.863. The van der Waals surface area contributed by atoms with Gasteiger partial charge in [0.1, 0.15) is 12.2 Å². The summed E-state index contributed by atoms with van der Waals surface area (Å²) in [4.78, 5) is 22.7. The summed E-state index contributed by atoms with van der Waals surface area (Å²) in [5, 5.41) is 18.4. The topological polar surface area (TPSA) is 132 Å².